The fourth-order valence-corrected chi connectivity index (χ4v) is 2.31. The van der Waals surface area contributed by atoms with Crippen LogP contribution in [0.4, 0.5) is 14.6 Å². The van der Waals surface area contributed by atoms with Crippen molar-refractivity contribution >= 4 is 11.8 Å². The van der Waals surface area contributed by atoms with Crippen LogP contribution < -0.4 is 19.9 Å². The van der Waals surface area contributed by atoms with Crippen LogP contribution in [0.25, 0.3) is 11.4 Å². The molecule has 0 saturated heterocycles. The van der Waals surface area contributed by atoms with Gasteiger partial charge in [0.05, 0.1) is 19.8 Å². The number of anilines is 1. The Morgan fingerprint density at radius 3 is 2.64 bits per heavy atom. The summed E-state index contributed by atoms with van der Waals surface area (Å²) in [7, 11) is 2.41. The number of hydrogen-bond acceptors (Lipinski definition) is 8. The SMILES string of the molecule is COC(=O)c1nc(-c2ccc3c(c2F)OC(C)(F)O3)nc(N)c1OC. The third kappa shape index (κ3) is 2.75. The lowest BCUT2D eigenvalue weighted by Crippen LogP contribution is -2.28. The molecule has 1 unspecified atom stereocenters. The maximum Gasteiger partial charge on any atom is 0.404 e. The summed E-state index contributed by atoms with van der Waals surface area (Å²) in [4.78, 5) is 19.7. The number of alkyl halides is 1. The molecule has 0 fully saturated rings. The van der Waals surface area contributed by atoms with Gasteiger partial charge in [0.1, 0.15) is 0 Å². The van der Waals surface area contributed by atoms with E-state index in [1.807, 2.05) is 0 Å². The maximum atomic E-state index is 14.7. The highest BCUT2D eigenvalue weighted by Crippen LogP contribution is 2.44. The summed E-state index contributed by atoms with van der Waals surface area (Å²) in [5.41, 5.74) is 5.30. The van der Waals surface area contributed by atoms with Gasteiger partial charge in [-0.05, 0) is 12.1 Å². The van der Waals surface area contributed by atoms with Gasteiger partial charge in [0.15, 0.2) is 34.7 Å². The second-order valence-electron chi connectivity index (χ2n) is 5.10. The van der Waals surface area contributed by atoms with Crippen molar-refractivity contribution in [1.82, 2.24) is 9.97 Å². The first-order chi connectivity index (χ1) is 11.8. The first-order valence-corrected chi connectivity index (χ1v) is 6.97. The zero-order valence-corrected chi connectivity index (χ0v) is 13.4. The largest absolute Gasteiger partial charge is 0.491 e. The van der Waals surface area contributed by atoms with Crippen LogP contribution in [0.3, 0.4) is 0 Å². The lowest BCUT2D eigenvalue weighted by atomic mass is 10.1. The average Bonchev–Trinajstić information content (AvgIpc) is 2.89. The number of methoxy groups -OCH3 is 2. The predicted molar refractivity (Wildman–Crippen MR) is 80.5 cm³/mol. The molecule has 1 aromatic carbocycles. The molecule has 0 spiro atoms. The van der Waals surface area contributed by atoms with Crippen LogP contribution >= 0.6 is 0 Å². The minimum absolute atomic E-state index is 0.104. The zero-order valence-electron chi connectivity index (χ0n) is 13.4. The van der Waals surface area contributed by atoms with E-state index in [9.17, 15) is 13.6 Å². The molecule has 0 aliphatic carbocycles. The van der Waals surface area contributed by atoms with Crippen molar-refractivity contribution < 1.29 is 32.5 Å². The fraction of sp³-hybridized carbons (Fsp3) is 0.267. The smallest absolute Gasteiger partial charge is 0.404 e. The van der Waals surface area contributed by atoms with Crippen LogP contribution in [0.15, 0.2) is 12.1 Å². The van der Waals surface area contributed by atoms with Crippen LogP contribution in [-0.2, 0) is 4.74 Å². The van der Waals surface area contributed by atoms with Crippen LogP contribution in [0.2, 0.25) is 0 Å². The van der Waals surface area contributed by atoms with Crippen molar-refractivity contribution in [3.63, 3.8) is 0 Å². The Kier molecular flexibility index (Phi) is 3.82. The van der Waals surface area contributed by atoms with E-state index < -0.39 is 23.6 Å². The van der Waals surface area contributed by atoms with Gasteiger partial charge >= 0.3 is 12.0 Å². The standard InChI is InChI=1S/C15H13F2N3O5/c1-15(17)24-7-5-4-6(8(16)10(7)25-15)13-19-9(14(21)23-3)11(22-2)12(18)20-13/h4-5H,1-3H3,(H2,18,19,20). The van der Waals surface area contributed by atoms with Crippen molar-refractivity contribution in [2.75, 3.05) is 20.0 Å². The lowest BCUT2D eigenvalue weighted by molar-refractivity contribution is -0.174. The molecule has 2 heterocycles. The Morgan fingerprint density at radius 2 is 2.00 bits per heavy atom. The monoisotopic (exact) mass is 353 g/mol. The van der Waals surface area contributed by atoms with Gasteiger partial charge in [0.25, 0.3) is 0 Å². The van der Waals surface area contributed by atoms with E-state index in [0.717, 1.165) is 14.0 Å². The van der Waals surface area contributed by atoms with Gasteiger partial charge in [-0.1, -0.05) is 0 Å². The number of rotatable bonds is 3. The van der Waals surface area contributed by atoms with Crippen LogP contribution in [0.5, 0.6) is 17.2 Å². The molecule has 3 rings (SSSR count). The van der Waals surface area contributed by atoms with Crippen LogP contribution in [-0.4, -0.2) is 36.2 Å². The Hall–Kier alpha value is -3.17. The first kappa shape index (κ1) is 16.7. The Morgan fingerprint density at radius 1 is 1.28 bits per heavy atom. The normalized spacial score (nSPS) is 18.1. The molecule has 132 valence electrons. The molecule has 1 aliphatic heterocycles. The molecule has 0 radical (unpaired) electrons. The van der Waals surface area contributed by atoms with E-state index in [4.69, 9.17) is 19.9 Å². The second kappa shape index (κ2) is 5.72. The van der Waals surface area contributed by atoms with Gasteiger partial charge in [-0.15, -0.1) is 0 Å². The fourth-order valence-electron chi connectivity index (χ4n) is 2.31. The molecule has 2 aromatic rings. The number of fused-ring (bicyclic) bond motifs is 1. The van der Waals surface area contributed by atoms with E-state index in [0.29, 0.717) is 0 Å². The minimum atomic E-state index is -2.49. The van der Waals surface area contributed by atoms with Crippen molar-refractivity contribution in [2.45, 2.75) is 13.0 Å². The third-order valence-corrected chi connectivity index (χ3v) is 3.35. The van der Waals surface area contributed by atoms with Crippen molar-refractivity contribution in [1.29, 1.82) is 0 Å². The molecule has 1 aromatic heterocycles. The number of halogens is 2. The summed E-state index contributed by atoms with van der Waals surface area (Å²) in [5.74, 6) is -2.87. The van der Waals surface area contributed by atoms with E-state index in [2.05, 4.69) is 14.7 Å². The zero-order chi connectivity index (χ0) is 18.4. The van der Waals surface area contributed by atoms with Crippen molar-refractivity contribution in [3.05, 3.63) is 23.6 Å². The molecule has 1 aliphatic rings. The molecule has 8 nitrogen and oxygen atoms in total. The minimum Gasteiger partial charge on any atom is -0.491 e. The number of carbonyl (C=O) groups is 1. The lowest BCUT2D eigenvalue weighted by Gasteiger charge is -2.11. The van der Waals surface area contributed by atoms with Gasteiger partial charge in [-0.2, -0.15) is 4.39 Å². The number of esters is 1. The highest BCUT2D eigenvalue weighted by Gasteiger charge is 2.40. The number of carbonyl (C=O) groups excluding carboxylic acids is 1. The summed E-state index contributed by atoms with van der Waals surface area (Å²) in [6.07, 6.45) is 0. The highest BCUT2D eigenvalue weighted by molar-refractivity contribution is 5.92. The molecule has 1 atom stereocenters. The maximum absolute atomic E-state index is 14.7. The number of nitrogen functional groups attached to an aromatic ring is 1. The molecule has 10 heteroatoms. The molecule has 25 heavy (non-hydrogen) atoms. The number of benzene rings is 1. The van der Waals surface area contributed by atoms with Gasteiger partial charge in [-0.3, -0.25) is 0 Å². The predicted octanol–water partition coefficient (Wildman–Crippen LogP) is 2.07. The van der Waals surface area contributed by atoms with Crippen LogP contribution in [0.1, 0.15) is 17.4 Å². The summed E-state index contributed by atoms with van der Waals surface area (Å²) in [5, 5.41) is 0. The number of aromatic nitrogens is 2. The Balaban J connectivity index is 2.16. The van der Waals surface area contributed by atoms with Crippen LogP contribution in [0, 0.1) is 5.82 Å². The van der Waals surface area contributed by atoms with Gasteiger partial charge in [0.2, 0.25) is 5.75 Å². The Labute approximate surface area is 140 Å². The third-order valence-electron chi connectivity index (χ3n) is 3.35. The summed E-state index contributed by atoms with van der Waals surface area (Å²) in [6, 6.07) is 0.0557. The second-order valence-corrected chi connectivity index (χ2v) is 5.10. The van der Waals surface area contributed by atoms with E-state index in [-0.39, 0.29) is 34.4 Å². The van der Waals surface area contributed by atoms with Gasteiger partial charge in [-0.25, -0.2) is 19.2 Å². The average molecular weight is 353 g/mol. The van der Waals surface area contributed by atoms with Crippen molar-refractivity contribution in [2.24, 2.45) is 0 Å². The molecular formula is C15H13F2N3O5. The Bertz CT molecular complexity index is 873. The molecule has 0 saturated carbocycles. The molecule has 2 N–H and O–H groups in total. The number of nitrogens with two attached hydrogens (primary N) is 1. The van der Waals surface area contributed by atoms with Gasteiger partial charge < -0.3 is 24.7 Å². The summed E-state index contributed by atoms with van der Waals surface area (Å²) < 4.78 is 47.6. The molecular weight excluding hydrogens is 340 g/mol. The quantitative estimate of drug-likeness (QED) is 0.836. The summed E-state index contributed by atoms with van der Waals surface area (Å²) in [6.45, 7) is 0.989. The number of hydrogen-bond donors (Lipinski definition) is 1. The van der Waals surface area contributed by atoms with Crippen molar-refractivity contribution in [3.8, 4) is 28.6 Å². The number of nitrogens with zero attached hydrogens (tertiary/aromatic N) is 2. The first-order valence-electron chi connectivity index (χ1n) is 6.97. The van der Waals surface area contributed by atoms with E-state index in [1.165, 1.54) is 19.2 Å². The molecule has 0 bridgehead atoms. The van der Waals surface area contributed by atoms with E-state index in [1.54, 1.807) is 0 Å². The summed E-state index contributed by atoms with van der Waals surface area (Å²) >= 11 is 0. The van der Waals surface area contributed by atoms with Gasteiger partial charge in [0, 0.05) is 6.92 Å². The number of ether oxygens (including phenoxy) is 4. The van der Waals surface area contributed by atoms with E-state index >= 15 is 0 Å². The topological polar surface area (TPSA) is 106 Å². The highest BCUT2D eigenvalue weighted by atomic mass is 19.2. The molecule has 0 amide bonds.